The monoisotopic (exact) mass is 347 g/mol. The zero-order valence-electron chi connectivity index (χ0n) is 12.5. The number of aliphatic hydroxyl groups is 1. The van der Waals surface area contributed by atoms with Gasteiger partial charge < -0.3 is 10.4 Å². The molecule has 0 spiro atoms. The van der Waals surface area contributed by atoms with Crippen LogP contribution >= 0.6 is 0 Å². The van der Waals surface area contributed by atoms with Gasteiger partial charge in [-0.2, -0.15) is 10.2 Å². The number of nitrogens with zero attached hydrogens (tertiary/aromatic N) is 4. The van der Waals surface area contributed by atoms with Gasteiger partial charge in [0.05, 0.1) is 23.8 Å². The number of anilines is 1. The molecule has 0 fully saturated rings. The molecule has 0 radical (unpaired) electrons. The van der Waals surface area contributed by atoms with Crippen molar-refractivity contribution in [3.05, 3.63) is 54.0 Å². The number of azo groups is 1. The highest BCUT2D eigenvalue weighted by Gasteiger charge is 2.36. The maximum Gasteiger partial charge on any atom is 0.285 e. The van der Waals surface area contributed by atoms with Crippen LogP contribution in [0.3, 0.4) is 0 Å². The van der Waals surface area contributed by atoms with Gasteiger partial charge in [-0.05, 0) is 24.3 Å². The van der Waals surface area contributed by atoms with Crippen LogP contribution in [0.15, 0.2) is 53.0 Å². The van der Waals surface area contributed by atoms with Crippen molar-refractivity contribution in [2.45, 2.75) is 12.2 Å². The Hall–Kier alpha value is -3.27. The first-order chi connectivity index (χ1) is 11.9. The second-order valence-corrected chi connectivity index (χ2v) is 5.09. The number of hydrogen-bond donors (Lipinski definition) is 2. The molecule has 128 valence electrons. The highest BCUT2D eigenvalue weighted by Crippen LogP contribution is 2.28. The molecule has 1 amide bonds. The lowest BCUT2D eigenvalue weighted by Gasteiger charge is -2.14. The molecule has 0 saturated heterocycles. The topological polar surface area (TPSA) is 109 Å². The van der Waals surface area contributed by atoms with E-state index in [1.165, 1.54) is 30.5 Å². The zero-order chi connectivity index (χ0) is 18.0. The van der Waals surface area contributed by atoms with Crippen LogP contribution in [-0.2, 0) is 4.79 Å². The minimum absolute atomic E-state index is 0.275. The van der Waals surface area contributed by atoms with Gasteiger partial charge in [0.2, 0.25) is 0 Å². The predicted molar refractivity (Wildman–Crippen MR) is 81.5 cm³/mol. The van der Waals surface area contributed by atoms with Gasteiger partial charge in [-0.15, -0.1) is 5.11 Å². The number of alkyl halides is 2. The zero-order valence-corrected chi connectivity index (χ0v) is 12.5. The number of aldehydes is 1. The van der Waals surface area contributed by atoms with E-state index < -0.39 is 23.8 Å². The average Bonchev–Trinajstić information content (AvgIpc) is 3.22. The van der Waals surface area contributed by atoms with Gasteiger partial charge in [-0.3, -0.25) is 9.59 Å². The number of carbonyl (C=O) groups excluding carboxylic acids is 2. The second kappa shape index (κ2) is 6.32. The molecule has 2 aromatic rings. The van der Waals surface area contributed by atoms with Gasteiger partial charge >= 0.3 is 0 Å². The summed E-state index contributed by atoms with van der Waals surface area (Å²) in [5, 5.41) is 22.5. The minimum Gasteiger partial charge on any atom is -0.357 e. The summed E-state index contributed by atoms with van der Waals surface area (Å²) in [6.45, 7) is 0. The SMILES string of the molecule is O=Cc1ccc(-n2cc(NC(=O)C3(O)C=CN=N3)c(C(F)F)n2)cc1. The van der Waals surface area contributed by atoms with Gasteiger partial charge in [-0.25, -0.2) is 13.5 Å². The molecule has 1 unspecified atom stereocenters. The van der Waals surface area contributed by atoms with E-state index in [9.17, 15) is 23.5 Å². The number of hydrogen-bond acceptors (Lipinski definition) is 6. The van der Waals surface area contributed by atoms with Gasteiger partial charge in [0.15, 0.2) is 5.69 Å². The Bertz CT molecular complexity index is 862. The Morgan fingerprint density at radius 1 is 1.32 bits per heavy atom. The van der Waals surface area contributed by atoms with Gasteiger partial charge in [0.1, 0.15) is 6.29 Å². The van der Waals surface area contributed by atoms with Crippen LogP contribution in [0.25, 0.3) is 5.69 Å². The number of nitrogens with one attached hydrogen (secondary N) is 1. The number of aromatic nitrogens is 2. The van der Waals surface area contributed by atoms with Crippen molar-refractivity contribution in [2.75, 3.05) is 5.32 Å². The summed E-state index contributed by atoms with van der Waals surface area (Å²) in [4.78, 5) is 22.7. The second-order valence-electron chi connectivity index (χ2n) is 5.09. The summed E-state index contributed by atoms with van der Waals surface area (Å²) in [6, 6.07) is 6.02. The standard InChI is InChI=1S/C15H11F2N5O3/c16-13(17)12-11(19-14(24)15(25)5-6-18-21-15)7-22(20-12)10-3-1-9(8-23)2-4-10/h1-8,13,25H,(H,19,24). The van der Waals surface area contributed by atoms with Gasteiger partial charge in [-0.1, -0.05) is 0 Å². The average molecular weight is 347 g/mol. The molecular weight excluding hydrogens is 336 g/mol. The van der Waals surface area contributed by atoms with Crippen molar-refractivity contribution < 1.29 is 23.5 Å². The normalized spacial score (nSPS) is 18.7. The fourth-order valence-corrected chi connectivity index (χ4v) is 2.11. The molecule has 8 nitrogen and oxygen atoms in total. The summed E-state index contributed by atoms with van der Waals surface area (Å²) >= 11 is 0. The summed E-state index contributed by atoms with van der Waals surface area (Å²) in [7, 11) is 0. The summed E-state index contributed by atoms with van der Waals surface area (Å²) < 4.78 is 27.5. The van der Waals surface area contributed by atoms with Crippen molar-refractivity contribution in [2.24, 2.45) is 10.2 Å². The Morgan fingerprint density at radius 2 is 2.04 bits per heavy atom. The van der Waals surface area contributed by atoms with E-state index in [1.807, 2.05) is 0 Å². The quantitative estimate of drug-likeness (QED) is 0.808. The van der Waals surface area contributed by atoms with Crippen molar-refractivity contribution in [1.82, 2.24) is 9.78 Å². The molecule has 0 aliphatic carbocycles. The van der Waals surface area contributed by atoms with Crippen LogP contribution in [-0.4, -0.2) is 32.8 Å². The molecule has 25 heavy (non-hydrogen) atoms. The first-order valence-electron chi connectivity index (χ1n) is 7.00. The Labute approximate surface area is 139 Å². The Morgan fingerprint density at radius 3 is 2.60 bits per heavy atom. The van der Waals surface area contributed by atoms with Crippen LogP contribution in [0, 0.1) is 0 Å². The van der Waals surface area contributed by atoms with E-state index in [0.717, 1.165) is 17.0 Å². The number of amides is 1. The molecule has 0 saturated carbocycles. The third-order valence-electron chi connectivity index (χ3n) is 3.41. The largest absolute Gasteiger partial charge is 0.357 e. The molecule has 2 N–H and O–H groups in total. The fraction of sp³-hybridized carbons (Fsp3) is 0.133. The summed E-state index contributed by atoms with van der Waals surface area (Å²) in [5.41, 5.74) is -2.36. The lowest BCUT2D eigenvalue weighted by Crippen LogP contribution is -2.38. The molecule has 1 aliphatic rings. The summed E-state index contributed by atoms with van der Waals surface area (Å²) in [5.74, 6) is -1.04. The molecular formula is C15H11F2N5O3. The van der Waals surface area contributed by atoms with Crippen LogP contribution in [0.5, 0.6) is 0 Å². The smallest absolute Gasteiger partial charge is 0.285 e. The Kier molecular flexibility index (Phi) is 4.19. The van der Waals surface area contributed by atoms with E-state index in [1.54, 1.807) is 0 Å². The molecule has 3 rings (SSSR count). The molecule has 1 atom stereocenters. The lowest BCUT2D eigenvalue weighted by atomic mass is 10.2. The molecule has 2 heterocycles. The van der Waals surface area contributed by atoms with E-state index >= 15 is 0 Å². The van der Waals surface area contributed by atoms with Crippen molar-refractivity contribution >= 4 is 17.9 Å². The van der Waals surface area contributed by atoms with E-state index in [2.05, 4.69) is 20.6 Å². The molecule has 10 heteroatoms. The van der Waals surface area contributed by atoms with E-state index in [0.29, 0.717) is 17.5 Å². The highest BCUT2D eigenvalue weighted by molar-refractivity contribution is 5.99. The third-order valence-corrected chi connectivity index (χ3v) is 3.41. The number of carbonyl (C=O) groups is 2. The van der Waals surface area contributed by atoms with Crippen molar-refractivity contribution in [3.8, 4) is 5.69 Å². The number of benzene rings is 1. The van der Waals surface area contributed by atoms with E-state index in [4.69, 9.17) is 0 Å². The molecule has 0 bridgehead atoms. The number of rotatable bonds is 5. The first kappa shape index (κ1) is 16.6. The van der Waals surface area contributed by atoms with Crippen LogP contribution in [0.2, 0.25) is 0 Å². The lowest BCUT2D eigenvalue weighted by molar-refractivity contribution is -0.129. The van der Waals surface area contributed by atoms with Crippen LogP contribution in [0.4, 0.5) is 14.5 Å². The highest BCUT2D eigenvalue weighted by atomic mass is 19.3. The molecule has 1 aromatic carbocycles. The first-order valence-corrected chi connectivity index (χ1v) is 7.00. The maximum absolute atomic E-state index is 13.2. The van der Waals surface area contributed by atoms with Crippen LogP contribution < -0.4 is 5.32 Å². The van der Waals surface area contributed by atoms with Crippen molar-refractivity contribution in [1.29, 1.82) is 0 Å². The van der Waals surface area contributed by atoms with Gasteiger partial charge in [0, 0.05) is 11.6 Å². The third kappa shape index (κ3) is 3.19. The van der Waals surface area contributed by atoms with Gasteiger partial charge in [0.25, 0.3) is 18.1 Å². The summed E-state index contributed by atoms with van der Waals surface area (Å²) in [6.07, 6.45) is 1.00. The fourth-order valence-electron chi connectivity index (χ4n) is 2.11. The Balaban J connectivity index is 1.92. The molecule has 1 aromatic heterocycles. The van der Waals surface area contributed by atoms with Crippen molar-refractivity contribution in [3.63, 3.8) is 0 Å². The van der Waals surface area contributed by atoms with Crippen LogP contribution in [0.1, 0.15) is 22.5 Å². The van der Waals surface area contributed by atoms with E-state index in [-0.39, 0.29) is 5.69 Å². The maximum atomic E-state index is 13.2. The predicted octanol–water partition coefficient (Wildman–Crippen LogP) is 2.23. The molecule has 1 aliphatic heterocycles. The minimum atomic E-state index is -2.96. The number of halogens is 2.